The third-order valence-electron chi connectivity index (χ3n) is 2.50. The van der Waals surface area contributed by atoms with E-state index in [0.29, 0.717) is 10.9 Å². The van der Waals surface area contributed by atoms with Crippen molar-refractivity contribution >= 4 is 17.3 Å². The van der Waals surface area contributed by atoms with Crippen LogP contribution in [0, 0.1) is 6.92 Å². The van der Waals surface area contributed by atoms with Gasteiger partial charge in [0.15, 0.2) is 0 Å². The fourth-order valence-electron chi connectivity index (χ4n) is 1.80. The maximum atomic E-state index is 10.6. The highest BCUT2D eigenvalue weighted by atomic mass is 32.1. The molecule has 15 heavy (non-hydrogen) atoms. The predicted octanol–water partition coefficient (Wildman–Crippen LogP) is 1.58. The van der Waals surface area contributed by atoms with E-state index in [2.05, 4.69) is 4.98 Å². The van der Waals surface area contributed by atoms with Gasteiger partial charge in [0.25, 0.3) is 0 Å². The first kappa shape index (κ1) is 10.6. The first-order valence-corrected chi connectivity index (χ1v) is 5.74. The predicted molar refractivity (Wildman–Crippen MR) is 56.4 cm³/mol. The molecule has 4 nitrogen and oxygen atoms in total. The van der Waals surface area contributed by atoms with E-state index in [9.17, 15) is 4.79 Å². The van der Waals surface area contributed by atoms with Gasteiger partial charge in [-0.15, -0.1) is 11.3 Å². The van der Waals surface area contributed by atoms with E-state index in [1.807, 2.05) is 6.92 Å². The van der Waals surface area contributed by atoms with Crippen LogP contribution in [0.15, 0.2) is 0 Å². The average molecular weight is 227 g/mol. The first-order valence-electron chi connectivity index (χ1n) is 4.92. The minimum atomic E-state index is -0.821. The molecule has 0 bridgehead atoms. The summed E-state index contributed by atoms with van der Waals surface area (Å²) in [6.07, 6.45) is 1.02. The number of hydrogen-bond acceptors (Lipinski definition) is 4. The van der Waals surface area contributed by atoms with Crippen LogP contribution in [0.2, 0.25) is 0 Å². The highest BCUT2D eigenvalue weighted by Gasteiger charge is 2.23. The highest BCUT2D eigenvalue weighted by Crippen LogP contribution is 2.30. The summed E-state index contributed by atoms with van der Waals surface area (Å²) in [6, 6.07) is 0. The molecule has 2 heterocycles. The molecule has 82 valence electrons. The lowest BCUT2D eigenvalue weighted by molar-refractivity contribution is -0.136. The molecule has 1 aromatic rings. The molecule has 1 saturated heterocycles. The van der Waals surface area contributed by atoms with Crippen molar-refractivity contribution in [3.05, 3.63) is 15.6 Å². The Hall–Kier alpha value is -0.940. The molecule has 1 aromatic heterocycles. The maximum absolute atomic E-state index is 10.6. The number of aliphatic carboxylic acids is 1. The molecular formula is C10H13NO3S. The summed E-state index contributed by atoms with van der Waals surface area (Å²) in [5.74, 6) is -0.457. The summed E-state index contributed by atoms with van der Waals surface area (Å²) >= 11 is 1.48. The van der Waals surface area contributed by atoms with Gasteiger partial charge in [0.2, 0.25) is 0 Å². The molecule has 1 N–H and O–H groups in total. The van der Waals surface area contributed by atoms with E-state index in [4.69, 9.17) is 9.84 Å². The minimum absolute atomic E-state index is 0.0269. The van der Waals surface area contributed by atoms with E-state index in [-0.39, 0.29) is 6.42 Å². The van der Waals surface area contributed by atoms with Crippen LogP contribution in [0.25, 0.3) is 0 Å². The molecule has 0 radical (unpaired) electrons. The second kappa shape index (κ2) is 4.28. The van der Waals surface area contributed by atoms with Crippen LogP contribution < -0.4 is 0 Å². The summed E-state index contributed by atoms with van der Waals surface area (Å²) in [4.78, 5) is 16.1. The van der Waals surface area contributed by atoms with Gasteiger partial charge in [-0.1, -0.05) is 0 Å². The van der Waals surface area contributed by atoms with Gasteiger partial charge in [-0.3, -0.25) is 4.79 Å². The highest BCUT2D eigenvalue weighted by molar-refractivity contribution is 7.11. The number of hydrogen-bond donors (Lipinski definition) is 1. The Morgan fingerprint density at radius 2 is 2.53 bits per heavy atom. The van der Waals surface area contributed by atoms with Crippen molar-refractivity contribution in [1.29, 1.82) is 0 Å². The summed E-state index contributed by atoms with van der Waals surface area (Å²) in [5, 5.41) is 9.37. The Balaban J connectivity index is 2.17. The summed E-state index contributed by atoms with van der Waals surface area (Å²) < 4.78 is 5.31. The quantitative estimate of drug-likeness (QED) is 0.851. The second-order valence-electron chi connectivity index (χ2n) is 3.68. The zero-order valence-electron chi connectivity index (χ0n) is 8.52. The van der Waals surface area contributed by atoms with Gasteiger partial charge in [-0.2, -0.15) is 0 Å². The van der Waals surface area contributed by atoms with Crippen molar-refractivity contribution in [2.75, 3.05) is 13.2 Å². The number of aromatic nitrogens is 1. The maximum Gasteiger partial charge on any atom is 0.310 e. The molecule has 1 aliphatic heterocycles. The van der Waals surface area contributed by atoms with E-state index in [1.54, 1.807) is 0 Å². The molecule has 0 aliphatic carbocycles. The molecule has 0 saturated carbocycles. The number of carboxylic acids is 1. The lowest BCUT2D eigenvalue weighted by atomic mass is 10.0. The van der Waals surface area contributed by atoms with E-state index >= 15 is 0 Å². The van der Waals surface area contributed by atoms with Crippen LogP contribution in [-0.2, 0) is 16.0 Å². The van der Waals surface area contributed by atoms with Gasteiger partial charge in [0.1, 0.15) is 5.01 Å². The molecule has 2 rings (SSSR count). The molecule has 1 unspecified atom stereocenters. The van der Waals surface area contributed by atoms with Crippen LogP contribution in [0.4, 0.5) is 0 Å². The molecule has 5 heteroatoms. The van der Waals surface area contributed by atoms with Crippen molar-refractivity contribution in [3.8, 4) is 0 Å². The third-order valence-corrected chi connectivity index (χ3v) is 3.48. The number of carboxylic acid groups (broad SMARTS) is 1. The fraction of sp³-hybridized carbons (Fsp3) is 0.600. The number of carbonyl (C=O) groups is 1. The minimum Gasteiger partial charge on any atom is -0.481 e. The Bertz CT molecular complexity index is 369. The van der Waals surface area contributed by atoms with Crippen molar-refractivity contribution in [3.63, 3.8) is 0 Å². The SMILES string of the molecule is Cc1sc(CC(=O)O)nc1C1CCOC1. The number of thiazole rings is 1. The molecule has 1 atom stereocenters. The Kier molecular flexibility index (Phi) is 3.02. The third kappa shape index (κ3) is 2.35. The summed E-state index contributed by atoms with van der Waals surface area (Å²) in [6.45, 7) is 3.50. The molecule has 0 aromatic carbocycles. The van der Waals surface area contributed by atoms with Crippen LogP contribution in [0.1, 0.15) is 27.9 Å². The monoisotopic (exact) mass is 227 g/mol. The fourth-order valence-corrected chi connectivity index (χ4v) is 2.81. The summed E-state index contributed by atoms with van der Waals surface area (Å²) in [7, 11) is 0. The Morgan fingerprint density at radius 1 is 1.73 bits per heavy atom. The first-order chi connectivity index (χ1) is 7.16. The molecule has 0 amide bonds. The smallest absolute Gasteiger partial charge is 0.310 e. The zero-order valence-corrected chi connectivity index (χ0v) is 9.34. The van der Waals surface area contributed by atoms with Gasteiger partial charge in [0, 0.05) is 17.4 Å². The zero-order chi connectivity index (χ0) is 10.8. The average Bonchev–Trinajstić information content (AvgIpc) is 2.72. The Morgan fingerprint density at radius 3 is 3.13 bits per heavy atom. The van der Waals surface area contributed by atoms with Gasteiger partial charge in [-0.05, 0) is 13.3 Å². The van der Waals surface area contributed by atoms with Gasteiger partial charge >= 0.3 is 5.97 Å². The molecular weight excluding hydrogens is 214 g/mol. The van der Waals surface area contributed by atoms with Crippen molar-refractivity contribution in [1.82, 2.24) is 4.98 Å². The van der Waals surface area contributed by atoms with Crippen LogP contribution in [0.3, 0.4) is 0 Å². The van der Waals surface area contributed by atoms with Crippen molar-refractivity contribution in [2.24, 2.45) is 0 Å². The number of aryl methyl sites for hydroxylation is 1. The van der Waals surface area contributed by atoms with Gasteiger partial charge in [0.05, 0.1) is 18.7 Å². The van der Waals surface area contributed by atoms with E-state index in [1.165, 1.54) is 11.3 Å². The Labute approximate surface area is 91.9 Å². The molecule has 0 spiro atoms. The number of ether oxygens (including phenoxy) is 1. The number of nitrogens with zero attached hydrogens (tertiary/aromatic N) is 1. The molecule has 1 aliphatic rings. The van der Waals surface area contributed by atoms with Crippen LogP contribution in [-0.4, -0.2) is 29.3 Å². The van der Waals surface area contributed by atoms with Crippen LogP contribution >= 0.6 is 11.3 Å². The normalized spacial score (nSPS) is 20.7. The lowest BCUT2D eigenvalue weighted by Gasteiger charge is -2.03. The van der Waals surface area contributed by atoms with Crippen molar-refractivity contribution < 1.29 is 14.6 Å². The van der Waals surface area contributed by atoms with Crippen molar-refractivity contribution in [2.45, 2.75) is 25.7 Å². The number of rotatable bonds is 3. The molecule has 1 fully saturated rings. The van der Waals surface area contributed by atoms with Gasteiger partial charge in [-0.25, -0.2) is 4.98 Å². The van der Waals surface area contributed by atoms with Crippen LogP contribution in [0.5, 0.6) is 0 Å². The van der Waals surface area contributed by atoms with E-state index in [0.717, 1.165) is 30.2 Å². The van der Waals surface area contributed by atoms with Gasteiger partial charge < -0.3 is 9.84 Å². The second-order valence-corrected chi connectivity index (χ2v) is 4.97. The topological polar surface area (TPSA) is 59.4 Å². The lowest BCUT2D eigenvalue weighted by Crippen LogP contribution is -2.02. The van der Waals surface area contributed by atoms with E-state index < -0.39 is 5.97 Å². The standard InChI is InChI=1S/C10H13NO3S/c1-6-10(7-2-3-14-5-7)11-8(15-6)4-9(12)13/h7H,2-5H2,1H3,(H,12,13). The summed E-state index contributed by atoms with van der Waals surface area (Å²) in [5.41, 5.74) is 1.04. The largest absolute Gasteiger partial charge is 0.481 e.